The Balaban J connectivity index is 1.24. The molecule has 4 rings (SSSR count). The molecule has 0 bridgehead atoms. The van der Waals surface area contributed by atoms with Gasteiger partial charge in [0.2, 0.25) is 0 Å². The van der Waals surface area contributed by atoms with Crippen LogP contribution in [0.15, 0.2) is 35.7 Å². The van der Waals surface area contributed by atoms with Crippen LogP contribution in [0.25, 0.3) is 0 Å². The summed E-state index contributed by atoms with van der Waals surface area (Å²) in [4.78, 5) is 0. The van der Waals surface area contributed by atoms with Crippen LogP contribution in [0.5, 0.6) is 5.75 Å². The highest BCUT2D eigenvalue weighted by atomic mass is 19.3. The highest BCUT2D eigenvalue weighted by molar-refractivity contribution is 5.28. The van der Waals surface area contributed by atoms with E-state index in [-0.39, 0.29) is 24.5 Å². The number of aryl methyl sites for hydroxylation is 1. The van der Waals surface area contributed by atoms with Gasteiger partial charge in [-0.15, -0.1) is 0 Å². The van der Waals surface area contributed by atoms with Gasteiger partial charge in [-0.2, -0.15) is 8.78 Å². The van der Waals surface area contributed by atoms with E-state index in [0.29, 0.717) is 12.3 Å². The zero-order chi connectivity index (χ0) is 23.4. The highest BCUT2D eigenvalue weighted by Gasteiger charge is 2.43. The predicted octanol–water partition coefficient (Wildman–Crippen LogP) is 9.40. The molecule has 0 spiro atoms. The van der Waals surface area contributed by atoms with E-state index in [4.69, 9.17) is 4.74 Å². The van der Waals surface area contributed by atoms with Crippen LogP contribution in [0.3, 0.4) is 0 Å². The average Bonchev–Trinajstić information content (AvgIpc) is 2.80. The maximum absolute atomic E-state index is 14.9. The zero-order valence-corrected chi connectivity index (χ0v) is 20.4. The lowest BCUT2D eigenvalue weighted by Crippen LogP contribution is -2.32. The molecule has 1 aromatic rings. The molecule has 1 nitrogen and oxygen atoms in total. The monoisotopic (exact) mass is 462 g/mol. The molecule has 1 unspecified atom stereocenters. The molecule has 0 radical (unpaired) electrons. The Labute approximate surface area is 198 Å². The molecule has 184 valence electrons. The normalized spacial score (nSPS) is 31.5. The molecule has 0 heterocycles. The van der Waals surface area contributed by atoms with Gasteiger partial charge in [-0.25, -0.2) is 4.39 Å². The van der Waals surface area contributed by atoms with Gasteiger partial charge in [-0.1, -0.05) is 76.0 Å². The molecule has 1 atom stereocenters. The van der Waals surface area contributed by atoms with Crippen molar-refractivity contribution in [2.75, 3.05) is 0 Å². The van der Waals surface area contributed by atoms with Crippen LogP contribution in [0.1, 0.15) is 96.0 Å². The zero-order valence-electron chi connectivity index (χ0n) is 20.4. The number of alkyl halides is 2. The van der Waals surface area contributed by atoms with Crippen LogP contribution in [0, 0.1) is 36.5 Å². The molecule has 3 aliphatic rings. The Morgan fingerprint density at radius 3 is 1.97 bits per heavy atom. The van der Waals surface area contributed by atoms with Crippen molar-refractivity contribution in [2.45, 2.75) is 103 Å². The van der Waals surface area contributed by atoms with Crippen molar-refractivity contribution < 1.29 is 17.9 Å². The number of rotatable bonds is 7. The molecular formula is C29H41F3O. The van der Waals surface area contributed by atoms with E-state index in [1.165, 1.54) is 63.5 Å². The predicted molar refractivity (Wildman–Crippen MR) is 128 cm³/mol. The molecule has 0 saturated heterocycles. The average molecular weight is 463 g/mol. The Bertz CT molecular complexity index is 784. The fraction of sp³-hybridized carbons (Fsp3) is 0.724. The van der Waals surface area contributed by atoms with Crippen LogP contribution >= 0.6 is 0 Å². The molecular weight excluding hydrogens is 421 g/mol. The van der Waals surface area contributed by atoms with Crippen LogP contribution < -0.4 is 4.74 Å². The lowest BCUT2D eigenvalue weighted by Gasteiger charge is -2.37. The fourth-order valence-electron chi connectivity index (χ4n) is 6.48. The molecule has 0 aromatic heterocycles. The second kappa shape index (κ2) is 10.9. The van der Waals surface area contributed by atoms with Crippen LogP contribution in [0.2, 0.25) is 0 Å². The summed E-state index contributed by atoms with van der Waals surface area (Å²) in [5.41, 5.74) is 0.518. The Hall–Kier alpha value is -1.45. The first kappa shape index (κ1) is 24.7. The summed E-state index contributed by atoms with van der Waals surface area (Å²) >= 11 is 0. The van der Waals surface area contributed by atoms with Gasteiger partial charge in [0.05, 0.1) is 5.57 Å². The third-order valence-corrected chi connectivity index (χ3v) is 8.83. The number of hydrogen-bond acceptors (Lipinski definition) is 1. The second-order valence-corrected chi connectivity index (χ2v) is 11.3. The van der Waals surface area contributed by atoms with Gasteiger partial charge in [0.25, 0.3) is 0 Å². The minimum absolute atomic E-state index is 0.0779. The van der Waals surface area contributed by atoms with Crippen molar-refractivity contribution in [3.8, 4) is 5.75 Å². The first-order valence-corrected chi connectivity index (χ1v) is 13.3. The molecule has 4 heteroatoms. The summed E-state index contributed by atoms with van der Waals surface area (Å²) in [5, 5.41) is 0. The van der Waals surface area contributed by atoms with E-state index in [1.54, 1.807) is 12.1 Å². The van der Waals surface area contributed by atoms with Gasteiger partial charge in [0, 0.05) is 6.42 Å². The Morgan fingerprint density at radius 1 is 0.818 bits per heavy atom. The van der Waals surface area contributed by atoms with Gasteiger partial charge in [-0.3, -0.25) is 0 Å². The maximum Gasteiger partial charge on any atom is 0.425 e. The molecule has 3 aliphatic carbocycles. The molecule has 1 aromatic carbocycles. The van der Waals surface area contributed by atoms with Crippen LogP contribution in [-0.4, -0.2) is 6.11 Å². The van der Waals surface area contributed by atoms with E-state index in [0.717, 1.165) is 36.2 Å². The SMILES string of the molecule is Cc1ccc(OC(F)(F)C2=C(F)CC(C3CCC(CCC4CCC(C)CC4)CC3)CC2)cc1. The van der Waals surface area contributed by atoms with Crippen molar-refractivity contribution in [3.63, 3.8) is 0 Å². The topological polar surface area (TPSA) is 9.23 Å². The van der Waals surface area contributed by atoms with Gasteiger partial charge < -0.3 is 4.74 Å². The molecule has 0 amide bonds. The van der Waals surface area contributed by atoms with Crippen molar-refractivity contribution >= 4 is 0 Å². The third kappa shape index (κ3) is 6.57. The molecule has 2 saturated carbocycles. The van der Waals surface area contributed by atoms with E-state index in [1.807, 2.05) is 6.92 Å². The first-order valence-electron chi connectivity index (χ1n) is 13.3. The van der Waals surface area contributed by atoms with E-state index in [2.05, 4.69) is 6.92 Å². The van der Waals surface area contributed by atoms with Crippen LogP contribution in [-0.2, 0) is 0 Å². The number of halogens is 3. The summed E-state index contributed by atoms with van der Waals surface area (Å²) in [6.07, 6.45) is 10.4. The Kier molecular flexibility index (Phi) is 8.12. The van der Waals surface area contributed by atoms with Gasteiger partial charge in [0.1, 0.15) is 11.6 Å². The molecule has 0 aliphatic heterocycles. The summed E-state index contributed by atoms with van der Waals surface area (Å²) in [5.74, 6) is 2.77. The third-order valence-electron chi connectivity index (χ3n) is 8.83. The van der Waals surface area contributed by atoms with Gasteiger partial charge >= 0.3 is 6.11 Å². The quantitative estimate of drug-likeness (QED) is 0.392. The van der Waals surface area contributed by atoms with Crippen molar-refractivity contribution in [1.29, 1.82) is 0 Å². The van der Waals surface area contributed by atoms with Crippen molar-refractivity contribution in [3.05, 3.63) is 41.2 Å². The number of benzene rings is 1. The maximum atomic E-state index is 14.9. The van der Waals surface area contributed by atoms with Gasteiger partial charge in [-0.05, 0) is 74.3 Å². The van der Waals surface area contributed by atoms with E-state index >= 15 is 0 Å². The smallest absolute Gasteiger partial charge is 0.425 e. The summed E-state index contributed by atoms with van der Waals surface area (Å²) in [6, 6.07) is 6.47. The van der Waals surface area contributed by atoms with Crippen molar-refractivity contribution in [2.24, 2.45) is 29.6 Å². The number of ether oxygens (including phenoxy) is 1. The molecule has 0 N–H and O–H groups in total. The summed E-state index contributed by atoms with van der Waals surface area (Å²) < 4.78 is 49.2. The second-order valence-electron chi connectivity index (χ2n) is 11.3. The minimum Gasteiger partial charge on any atom is -0.429 e. The minimum atomic E-state index is -3.58. The first-order chi connectivity index (χ1) is 15.8. The highest BCUT2D eigenvalue weighted by Crippen LogP contribution is 2.46. The fourth-order valence-corrected chi connectivity index (χ4v) is 6.48. The van der Waals surface area contributed by atoms with Crippen LogP contribution in [0.4, 0.5) is 13.2 Å². The largest absolute Gasteiger partial charge is 0.429 e. The van der Waals surface area contributed by atoms with Crippen molar-refractivity contribution in [1.82, 2.24) is 0 Å². The Morgan fingerprint density at radius 2 is 1.39 bits per heavy atom. The number of allylic oxidation sites excluding steroid dienone is 1. The summed E-state index contributed by atoms with van der Waals surface area (Å²) in [6.45, 7) is 4.26. The molecule has 2 fully saturated rings. The van der Waals surface area contributed by atoms with E-state index in [9.17, 15) is 13.2 Å². The standard InChI is InChI=1S/C29H41F3O/c1-20-3-7-22(8-4-20)9-10-23-11-13-24(14-12-23)25-15-18-27(28(30)19-25)29(31,32)33-26-16-5-21(2)6-17-26/h5-6,16-17,20,22-25H,3-4,7-15,18-19H2,1-2H3. The van der Waals surface area contributed by atoms with Gasteiger partial charge in [0.15, 0.2) is 0 Å². The molecule has 33 heavy (non-hydrogen) atoms. The summed E-state index contributed by atoms with van der Waals surface area (Å²) in [7, 11) is 0. The lowest BCUT2D eigenvalue weighted by atomic mass is 9.69. The number of hydrogen-bond donors (Lipinski definition) is 0. The lowest BCUT2D eigenvalue weighted by molar-refractivity contribution is -0.147. The van der Waals surface area contributed by atoms with E-state index < -0.39 is 17.5 Å².